The summed E-state index contributed by atoms with van der Waals surface area (Å²) in [4.78, 5) is 12.3. The third-order valence-corrected chi connectivity index (χ3v) is 3.90. The Labute approximate surface area is 119 Å². The first-order valence-electron chi connectivity index (χ1n) is 6.03. The van der Waals surface area contributed by atoms with Crippen LogP contribution >= 0.6 is 11.6 Å². The Morgan fingerprint density at radius 2 is 1.89 bits per heavy atom. The molecule has 106 valence electrons. The van der Waals surface area contributed by atoms with Gasteiger partial charge in [-0.05, 0) is 39.8 Å². The number of carbonyl (C=O) groups is 1. The largest absolute Gasteiger partial charge is 0.495 e. The summed E-state index contributed by atoms with van der Waals surface area (Å²) in [6.45, 7) is 7.29. The zero-order valence-electron chi connectivity index (χ0n) is 12.0. The molecule has 1 aromatic rings. The summed E-state index contributed by atoms with van der Waals surface area (Å²) in [5, 5.41) is 3.33. The lowest BCUT2D eigenvalue weighted by molar-refractivity contribution is -0.126. The standard InChI is InChI=1S/C14H21ClN2O2/c1-13(2,14(3,4)16)12(18)17-9-6-7-10(15)11(8-9)19-5/h6-8H,16H2,1-5H3,(H,17,18). The monoisotopic (exact) mass is 284 g/mol. The number of nitrogens with two attached hydrogens (primary N) is 1. The van der Waals surface area contributed by atoms with Crippen molar-refractivity contribution in [3.63, 3.8) is 0 Å². The molecule has 5 heteroatoms. The molecule has 3 N–H and O–H groups in total. The SMILES string of the molecule is COc1cc(NC(=O)C(C)(C)C(C)(C)N)ccc1Cl. The van der Waals surface area contributed by atoms with Gasteiger partial charge in [-0.15, -0.1) is 0 Å². The minimum absolute atomic E-state index is 0.149. The minimum Gasteiger partial charge on any atom is -0.495 e. The van der Waals surface area contributed by atoms with E-state index in [2.05, 4.69) is 5.32 Å². The van der Waals surface area contributed by atoms with Crippen LogP contribution in [0, 0.1) is 5.41 Å². The van der Waals surface area contributed by atoms with Gasteiger partial charge in [0.1, 0.15) is 5.75 Å². The van der Waals surface area contributed by atoms with Crippen LogP contribution in [0.3, 0.4) is 0 Å². The number of rotatable bonds is 4. The van der Waals surface area contributed by atoms with Crippen molar-refractivity contribution >= 4 is 23.2 Å². The molecule has 0 saturated heterocycles. The fraction of sp³-hybridized carbons (Fsp3) is 0.500. The molecule has 0 aliphatic rings. The van der Waals surface area contributed by atoms with E-state index in [1.54, 1.807) is 18.2 Å². The third kappa shape index (κ3) is 3.39. The van der Waals surface area contributed by atoms with Crippen molar-refractivity contribution in [1.82, 2.24) is 0 Å². The molecule has 0 saturated carbocycles. The highest BCUT2D eigenvalue weighted by Crippen LogP contribution is 2.32. The Bertz CT molecular complexity index is 479. The number of hydrogen-bond donors (Lipinski definition) is 2. The molecule has 0 spiro atoms. The van der Waals surface area contributed by atoms with Crippen molar-refractivity contribution in [2.45, 2.75) is 33.2 Å². The first kappa shape index (κ1) is 15.8. The maximum Gasteiger partial charge on any atom is 0.231 e. The van der Waals surface area contributed by atoms with E-state index >= 15 is 0 Å². The smallest absolute Gasteiger partial charge is 0.231 e. The van der Waals surface area contributed by atoms with E-state index < -0.39 is 11.0 Å². The van der Waals surface area contributed by atoms with Crippen molar-refractivity contribution in [2.75, 3.05) is 12.4 Å². The Morgan fingerprint density at radius 3 is 2.37 bits per heavy atom. The molecular weight excluding hydrogens is 264 g/mol. The average Bonchev–Trinajstić information content (AvgIpc) is 2.30. The Hall–Kier alpha value is -1.26. The van der Waals surface area contributed by atoms with Gasteiger partial charge in [0.25, 0.3) is 0 Å². The average molecular weight is 285 g/mol. The molecule has 0 aliphatic carbocycles. The fourth-order valence-corrected chi connectivity index (χ4v) is 1.51. The van der Waals surface area contributed by atoms with Crippen molar-refractivity contribution in [3.8, 4) is 5.75 Å². The normalized spacial score (nSPS) is 12.2. The topological polar surface area (TPSA) is 64.3 Å². The number of halogens is 1. The van der Waals surface area contributed by atoms with Crippen LogP contribution in [-0.2, 0) is 4.79 Å². The van der Waals surface area contributed by atoms with Gasteiger partial charge in [-0.1, -0.05) is 11.6 Å². The van der Waals surface area contributed by atoms with Gasteiger partial charge in [0.05, 0.1) is 17.5 Å². The summed E-state index contributed by atoms with van der Waals surface area (Å²) in [7, 11) is 1.53. The Kier molecular flexibility index (Phi) is 4.48. The van der Waals surface area contributed by atoms with E-state index in [4.69, 9.17) is 22.1 Å². The van der Waals surface area contributed by atoms with Crippen LogP contribution in [-0.4, -0.2) is 18.6 Å². The summed E-state index contributed by atoms with van der Waals surface area (Å²) in [6.07, 6.45) is 0. The van der Waals surface area contributed by atoms with E-state index in [1.165, 1.54) is 7.11 Å². The number of nitrogens with one attached hydrogen (secondary N) is 1. The molecule has 0 heterocycles. The predicted molar refractivity (Wildman–Crippen MR) is 78.7 cm³/mol. The number of hydrogen-bond acceptors (Lipinski definition) is 3. The van der Waals surface area contributed by atoms with Crippen molar-refractivity contribution in [3.05, 3.63) is 23.2 Å². The summed E-state index contributed by atoms with van der Waals surface area (Å²) < 4.78 is 5.11. The van der Waals surface area contributed by atoms with E-state index in [-0.39, 0.29) is 5.91 Å². The lowest BCUT2D eigenvalue weighted by Gasteiger charge is -2.36. The molecule has 1 rings (SSSR count). The second-order valence-corrected chi connectivity index (χ2v) is 6.06. The maximum atomic E-state index is 12.3. The van der Waals surface area contributed by atoms with Crippen LogP contribution in [0.2, 0.25) is 5.02 Å². The second-order valence-electron chi connectivity index (χ2n) is 5.65. The first-order valence-corrected chi connectivity index (χ1v) is 6.41. The number of ether oxygens (including phenoxy) is 1. The van der Waals surface area contributed by atoms with Crippen LogP contribution in [0.5, 0.6) is 5.75 Å². The van der Waals surface area contributed by atoms with Crippen molar-refractivity contribution in [2.24, 2.45) is 11.1 Å². The molecule has 0 unspecified atom stereocenters. The summed E-state index contributed by atoms with van der Waals surface area (Å²) >= 11 is 5.94. The van der Waals surface area contributed by atoms with Gasteiger partial charge in [-0.2, -0.15) is 0 Å². The lowest BCUT2D eigenvalue weighted by atomic mass is 9.74. The number of anilines is 1. The third-order valence-electron chi connectivity index (χ3n) is 3.59. The molecule has 0 fully saturated rings. The number of carbonyl (C=O) groups excluding carboxylic acids is 1. The lowest BCUT2D eigenvalue weighted by Crippen LogP contribution is -2.53. The number of benzene rings is 1. The van der Waals surface area contributed by atoms with Gasteiger partial charge in [-0.25, -0.2) is 0 Å². The molecule has 0 aliphatic heterocycles. The minimum atomic E-state index is -0.708. The fourth-order valence-electron chi connectivity index (χ4n) is 1.32. The molecule has 0 bridgehead atoms. The van der Waals surface area contributed by atoms with Crippen LogP contribution in [0.1, 0.15) is 27.7 Å². The van der Waals surface area contributed by atoms with E-state index in [0.29, 0.717) is 16.5 Å². The quantitative estimate of drug-likeness (QED) is 0.893. The molecular formula is C14H21ClN2O2. The van der Waals surface area contributed by atoms with Gasteiger partial charge in [0, 0.05) is 17.3 Å². The zero-order chi connectivity index (χ0) is 14.8. The highest BCUT2D eigenvalue weighted by atomic mass is 35.5. The predicted octanol–water partition coefficient (Wildman–Crippen LogP) is 3.05. The zero-order valence-corrected chi connectivity index (χ0v) is 12.8. The molecule has 4 nitrogen and oxygen atoms in total. The Morgan fingerprint density at radius 1 is 1.32 bits per heavy atom. The molecule has 19 heavy (non-hydrogen) atoms. The highest BCUT2D eigenvalue weighted by molar-refractivity contribution is 6.32. The van der Waals surface area contributed by atoms with E-state index in [9.17, 15) is 4.79 Å². The molecule has 0 aromatic heterocycles. The second kappa shape index (κ2) is 5.39. The summed E-state index contributed by atoms with van der Waals surface area (Å²) in [5.74, 6) is 0.369. The Balaban J connectivity index is 2.95. The van der Waals surface area contributed by atoms with Gasteiger partial charge >= 0.3 is 0 Å². The summed E-state index contributed by atoms with van der Waals surface area (Å²) in [6, 6.07) is 5.08. The van der Waals surface area contributed by atoms with Crippen LogP contribution in [0.25, 0.3) is 0 Å². The molecule has 1 aromatic carbocycles. The van der Waals surface area contributed by atoms with Crippen molar-refractivity contribution in [1.29, 1.82) is 0 Å². The maximum absolute atomic E-state index is 12.3. The highest BCUT2D eigenvalue weighted by Gasteiger charge is 2.40. The first-order chi connectivity index (χ1) is 8.59. The van der Waals surface area contributed by atoms with Crippen LogP contribution in [0.4, 0.5) is 5.69 Å². The number of amides is 1. The van der Waals surface area contributed by atoms with Gasteiger partial charge in [0.2, 0.25) is 5.91 Å². The summed E-state index contributed by atoms with van der Waals surface area (Å²) in [5.41, 5.74) is 5.33. The van der Waals surface area contributed by atoms with Crippen LogP contribution in [0.15, 0.2) is 18.2 Å². The van der Waals surface area contributed by atoms with Gasteiger partial charge in [-0.3, -0.25) is 4.79 Å². The van der Waals surface area contributed by atoms with E-state index in [1.807, 2.05) is 27.7 Å². The van der Waals surface area contributed by atoms with Gasteiger partial charge < -0.3 is 15.8 Å². The molecule has 0 atom stereocenters. The van der Waals surface area contributed by atoms with Gasteiger partial charge in [0.15, 0.2) is 0 Å². The van der Waals surface area contributed by atoms with Crippen LogP contribution < -0.4 is 15.8 Å². The van der Waals surface area contributed by atoms with E-state index in [0.717, 1.165) is 0 Å². The van der Waals surface area contributed by atoms with Crippen molar-refractivity contribution < 1.29 is 9.53 Å². The number of methoxy groups -OCH3 is 1. The molecule has 1 amide bonds. The molecule has 0 radical (unpaired) electrons.